The SMILES string of the molecule is O=C(Nc1cc(Cl)cc(Cl)c1)C1CN(S(=O)(=O)CCc2ccccc2)C2(C(=O)Nc3c(Cl)cc(Cl)cc32)C1C(=O)O. The molecule has 2 aliphatic heterocycles. The van der Waals surface area contributed by atoms with Gasteiger partial charge >= 0.3 is 5.97 Å². The molecule has 0 aromatic heterocycles. The predicted octanol–water partition coefficient (Wildman–Crippen LogP) is 5.29. The maximum Gasteiger partial charge on any atom is 0.310 e. The Morgan fingerprint density at radius 1 is 1.00 bits per heavy atom. The van der Waals surface area contributed by atoms with Gasteiger partial charge in [0.1, 0.15) is 5.92 Å². The lowest BCUT2D eigenvalue weighted by Gasteiger charge is -2.35. The average Bonchev–Trinajstić information content (AvgIpc) is 3.40. The van der Waals surface area contributed by atoms with Crippen LogP contribution in [0, 0.1) is 11.8 Å². The zero-order valence-corrected chi connectivity index (χ0v) is 24.7. The number of carboxylic acid groups (broad SMARTS) is 1. The molecule has 5 rings (SSSR count). The summed E-state index contributed by atoms with van der Waals surface area (Å²) in [5.41, 5.74) is -1.48. The van der Waals surface area contributed by atoms with Crippen LogP contribution in [0.15, 0.2) is 60.7 Å². The Balaban J connectivity index is 1.64. The Bertz CT molecular complexity index is 1670. The van der Waals surface area contributed by atoms with E-state index in [9.17, 15) is 27.9 Å². The summed E-state index contributed by atoms with van der Waals surface area (Å²) < 4.78 is 28.8. The predicted molar refractivity (Wildman–Crippen MR) is 157 cm³/mol. The molecule has 0 radical (unpaired) electrons. The van der Waals surface area contributed by atoms with Crippen molar-refractivity contribution in [3.63, 3.8) is 0 Å². The lowest BCUT2D eigenvalue weighted by Crippen LogP contribution is -2.55. The molecule has 2 aliphatic rings. The number of amides is 2. The highest BCUT2D eigenvalue weighted by atomic mass is 35.5. The molecule has 41 heavy (non-hydrogen) atoms. The molecule has 1 spiro atoms. The Labute approximate surface area is 255 Å². The fourth-order valence-corrected chi connectivity index (χ4v) is 8.45. The van der Waals surface area contributed by atoms with Crippen molar-refractivity contribution >= 4 is 85.6 Å². The smallest absolute Gasteiger partial charge is 0.310 e. The molecule has 0 saturated carbocycles. The largest absolute Gasteiger partial charge is 0.481 e. The van der Waals surface area contributed by atoms with Crippen LogP contribution in [0.25, 0.3) is 0 Å². The Morgan fingerprint density at radius 3 is 2.27 bits per heavy atom. The highest BCUT2D eigenvalue weighted by molar-refractivity contribution is 7.89. The van der Waals surface area contributed by atoms with Gasteiger partial charge in [-0.15, -0.1) is 0 Å². The number of fused-ring (bicyclic) bond motifs is 2. The molecule has 2 amide bonds. The lowest BCUT2D eigenvalue weighted by molar-refractivity contribution is -0.151. The molecule has 3 atom stereocenters. The molecular formula is C27H21Cl4N3O6S. The van der Waals surface area contributed by atoms with Crippen molar-refractivity contribution in [1.29, 1.82) is 0 Å². The van der Waals surface area contributed by atoms with E-state index in [0.29, 0.717) is 5.56 Å². The number of halogens is 4. The number of rotatable bonds is 7. The Morgan fingerprint density at radius 2 is 1.63 bits per heavy atom. The summed E-state index contributed by atoms with van der Waals surface area (Å²) in [6.07, 6.45) is 0.0795. The normalized spacial score (nSPS) is 22.0. The van der Waals surface area contributed by atoms with Crippen LogP contribution in [-0.4, -0.2) is 47.9 Å². The van der Waals surface area contributed by atoms with E-state index in [1.807, 2.05) is 0 Å². The average molecular weight is 657 g/mol. The van der Waals surface area contributed by atoms with E-state index < -0.39 is 57.5 Å². The van der Waals surface area contributed by atoms with Crippen LogP contribution >= 0.6 is 46.4 Å². The molecule has 1 fully saturated rings. The van der Waals surface area contributed by atoms with Crippen LogP contribution in [0.3, 0.4) is 0 Å². The van der Waals surface area contributed by atoms with E-state index in [-0.39, 0.29) is 43.4 Å². The van der Waals surface area contributed by atoms with Gasteiger partial charge in [-0.1, -0.05) is 76.7 Å². The van der Waals surface area contributed by atoms with E-state index in [2.05, 4.69) is 10.6 Å². The molecule has 0 bridgehead atoms. The molecule has 3 N–H and O–H groups in total. The minimum atomic E-state index is -4.37. The molecule has 3 unspecified atom stereocenters. The van der Waals surface area contributed by atoms with E-state index >= 15 is 0 Å². The fourth-order valence-electron chi connectivity index (χ4n) is 5.54. The van der Waals surface area contributed by atoms with Gasteiger partial charge in [-0.25, -0.2) is 8.42 Å². The summed E-state index contributed by atoms with van der Waals surface area (Å²) in [6.45, 7) is -0.606. The third kappa shape index (κ3) is 5.29. The molecule has 214 valence electrons. The molecule has 1 saturated heterocycles. The maximum atomic E-state index is 14.0. The number of carboxylic acids is 1. The molecule has 3 aromatic rings. The number of anilines is 2. The van der Waals surface area contributed by atoms with Crippen LogP contribution in [-0.2, 0) is 36.4 Å². The molecule has 14 heteroatoms. The van der Waals surface area contributed by atoms with E-state index in [4.69, 9.17) is 46.4 Å². The minimum Gasteiger partial charge on any atom is -0.481 e. The van der Waals surface area contributed by atoms with Crippen molar-refractivity contribution < 1.29 is 27.9 Å². The third-order valence-corrected chi connectivity index (χ3v) is 10.0. The second-order valence-electron chi connectivity index (χ2n) is 9.68. The Kier molecular flexibility index (Phi) is 8.01. The second-order valence-corrected chi connectivity index (χ2v) is 13.4. The summed E-state index contributed by atoms with van der Waals surface area (Å²) in [7, 11) is -4.37. The zero-order chi connectivity index (χ0) is 29.7. The number of hydrogen-bond donors (Lipinski definition) is 3. The maximum absolute atomic E-state index is 14.0. The lowest BCUT2D eigenvalue weighted by atomic mass is 9.76. The third-order valence-electron chi connectivity index (χ3n) is 7.22. The van der Waals surface area contributed by atoms with E-state index in [0.717, 1.165) is 4.31 Å². The number of carbonyl (C=O) groups excluding carboxylic acids is 2. The number of aryl methyl sites for hydroxylation is 1. The number of sulfonamides is 1. The van der Waals surface area contributed by atoms with Gasteiger partial charge in [0.2, 0.25) is 15.9 Å². The highest BCUT2D eigenvalue weighted by Crippen LogP contribution is 2.56. The second kappa shape index (κ2) is 11.1. The highest BCUT2D eigenvalue weighted by Gasteiger charge is 2.70. The van der Waals surface area contributed by atoms with Crippen molar-refractivity contribution in [1.82, 2.24) is 4.31 Å². The molecular weight excluding hydrogens is 636 g/mol. The first-order valence-electron chi connectivity index (χ1n) is 12.2. The number of nitrogens with zero attached hydrogens (tertiary/aromatic N) is 1. The first kappa shape index (κ1) is 29.6. The fraction of sp³-hybridized carbons (Fsp3) is 0.222. The van der Waals surface area contributed by atoms with Gasteiger partial charge in [0.05, 0.1) is 22.4 Å². The first-order chi connectivity index (χ1) is 19.3. The van der Waals surface area contributed by atoms with Crippen molar-refractivity contribution in [2.45, 2.75) is 12.0 Å². The molecule has 0 aliphatic carbocycles. The van der Waals surface area contributed by atoms with Gasteiger partial charge in [-0.2, -0.15) is 4.31 Å². The summed E-state index contributed by atoms with van der Waals surface area (Å²) in [4.78, 5) is 40.4. The monoisotopic (exact) mass is 655 g/mol. The number of benzene rings is 3. The quantitative estimate of drug-likeness (QED) is 0.317. The topological polar surface area (TPSA) is 133 Å². The molecule has 2 heterocycles. The summed E-state index contributed by atoms with van der Waals surface area (Å²) in [5.74, 6) is -7.17. The van der Waals surface area contributed by atoms with Gasteiger partial charge in [-0.05, 0) is 42.3 Å². The van der Waals surface area contributed by atoms with Crippen LogP contribution < -0.4 is 10.6 Å². The standard InChI is InChI=1S/C27H21Cl4N3O6S/c28-15-8-16(29)10-18(9-15)32-24(35)19-13-34(41(39,40)7-6-14-4-2-1-3-5-14)27(22(19)25(36)37)20-11-17(30)12-21(31)23(20)33-26(27)38/h1-5,8-12,19,22H,6-7,13H2,(H,32,35)(H,33,38)(H,36,37). The van der Waals surface area contributed by atoms with Crippen LogP contribution in [0.1, 0.15) is 11.1 Å². The van der Waals surface area contributed by atoms with Crippen molar-refractivity contribution in [2.24, 2.45) is 11.8 Å². The number of carbonyl (C=O) groups is 3. The van der Waals surface area contributed by atoms with Crippen LogP contribution in [0.4, 0.5) is 11.4 Å². The van der Waals surface area contributed by atoms with E-state index in [1.165, 1.54) is 30.3 Å². The van der Waals surface area contributed by atoms with Crippen molar-refractivity contribution in [3.05, 3.63) is 91.9 Å². The van der Waals surface area contributed by atoms with Gasteiger partial charge in [0.15, 0.2) is 5.54 Å². The number of aliphatic carboxylic acids is 1. The van der Waals surface area contributed by atoms with Gasteiger partial charge in [0, 0.05) is 32.9 Å². The number of nitrogens with one attached hydrogen (secondary N) is 2. The molecule has 3 aromatic carbocycles. The summed E-state index contributed by atoms with van der Waals surface area (Å²) >= 11 is 24.7. The minimum absolute atomic E-state index is 0.00929. The van der Waals surface area contributed by atoms with Crippen LogP contribution in [0.2, 0.25) is 20.1 Å². The van der Waals surface area contributed by atoms with Crippen molar-refractivity contribution in [2.75, 3.05) is 22.9 Å². The van der Waals surface area contributed by atoms with Crippen molar-refractivity contribution in [3.8, 4) is 0 Å². The van der Waals surface area contributed by atoms with Gasteiger partial charge in [-0.3, -0.25) is 14.4 Å². The van der Waals surface area contributed by atoms with Gasteiger partial charge in [0.25, 0.3) is 5.91 Å². The first-order valence-corrected chi connectivity index (χ1v) is 15.3. The molecule has 9 nitrogen and oxygen atoms in total. The zero-order valence-electron chi connectivity index (χ0n) is 20.9. The summed E-state index contributed by atoms with van der Waals surface area (Å²) in [6, 6.07) is 15.7. The Hall–Kier alpha value is -2.86. The summed E-state index contributed by atoms with van der Waals surface area (Å²) in [5, 5.41) is 16.1. The number of hydrogen-bond acceptors (Lipinski definition) is 5. The van der Waals surface area contributed by atoms with Crippen LogP contribution in [0.5, 0.6) is 0 Å². The van der Waals surface area contributed by atoms with E-state index in [1.54, 1.807) is 30.3 Å². The van der Waals surface area contributed by atoms with Gasteiger partial charge < -0.3 is 15.7 Å².